The molecule has 1 aliphatic rings. The zero-order valence-corrected chi connectivity index (χ0v) is 21.2. The van der Waals surface area contributed by atoms with Crippen LogP contribution < -0.4 is 0 Å². The van der Waals surface area contributed by atoms with Crippen LogP contribution in [0.1, 0.15) is 57.6 Å². The lowest BCUT2D eigenvalue weighted by Crippen LogP contribution is -2.51. The Balaban J connectivity index is 2.01. The minimum atomic E-state index is -1.10. The van der Waals surface area contributed by atoms with E-state index < -0.39 is 34.8 Å². The first-order valence-corrected chi connectivity index (χ1v) is 12.3. The third kappa shape index (κ3) is 6.49. The molecule has 2 aromatic rings. The number of piperidine rings is 1. The van der Waals surface area contributed by atoms with E-state index in [0.717, 1.165) is 12.1 Å². The van der Waals surface area contributed by atoms with Crippen LogP contribution in [0, 0.1) is 22.7 Å². The molecule has 1 heterocycles. The summed E-state index contributed by atoms with van der Waals surface area (Å²) in [4.78, 5) is 29.1. The highest BCUT2D eigenvalue weighted by Gasteiger charge is 2.55. The van der Waals surface area contributed by atoms with Gasteiger partial charge in [-0.2, -0.15) is 5.26 Å². The van der Waals surface area contributed by atoms with Crippen LogP contribution in [0.2, 0.25) is 0 Å². The number of carbonyl (C=O) groups is 2. The van der Waals surface area contributed by atoms with Gasteiger partial charge in [0, 0.05) is 12.0 Å². The first-order chi connectivity index (χ1) is 16.7. The van der Waals surface area contributed by atoms with E-state index in [1.54, 1.807) is 27.7 Å². The molecule has 2 atom stereocenters. The Hall–Kier alpha value is -3.17. The Bertz CT molecular complexity index is 1020. The molecular weight excluding hydrogens is 440 g/mol. The maximum Gasteiger partial charge on any atom is 0.324 e. The van der Waals surface area contributed by atoms with E-state index in [-0.39, 0.29) is 6.61 Å². The molecule has 0 spiro atoms. The van der Waals surface area contributed by atoms with Crippen molar-refractivity contribution in [3.63, 3.8) is 0 Å². The molecule has 3 rings (SSSR count). The Morgan fingerprint density at radius 1 is 1.00 bits per heavy atom. The molecule has 0 aliphatic carbocycles. The summed E-state index contributed by atoms with van der Waals surface area (Å²) in [6.45, 7) is 9.43. The number of hydrogen-bond acceptors (Lipinski definition) is 6. The van der Waals surface area contributed by atoms with Crippen molar-refractivity contribution >= 4 is 11.9 Å². The molecule has 2 unspecified atom stereocenters. The Morgan fingerprint density at radius 2 is 1.57 bits per heavy atom. The summed E-state index contributed by atoms with van der Waals surface area (Å²) < 4.78 is 11.2. The molecule has 35 heavy (non-hydrogen) atoms. The summed E-state index contributed by atoms with van der Waals surface area (Å²) in [7, 11) is 0. The largest absolute Gasteiger partial charge is 0.466 e. The van der Waals surface area contributed by atoms with E-state index in [1.807, 2.05) is 48.5 Å². The molecule has 6 heteroatoms. The van der Waals surface area contributed by atoms with E-state index in [4.69, 9.17) is 9.47 Å². The highest BCUT2D eigenvalue weighted by Crippen LogP contribution is 2.51. The SMILES string of the molecule is CCOC(=O)C(c1ccccc1)C1(C(C#N)C(=O)OC(C)(C)C)CCN(Cc2ccccc2)CC1. The van der Waals surface area contributed by atoms with E-state index in [0.29, 0.717) is 25.9 Å². The van der Waals surface area contributed by atoms with Crippen LogP contribution in [0.25, 0.3) is 0 Å². The zero-order valence-electron chi connectivity index (χ0n) is 21.2. The molecule has 0 radical (unpaired) electrons. The molecule has 1 aliphatic heterocycles. The zero-order chi connectivity index (χ0) is 25.5. The molecule has 1 saturated heterocycles. The van der Waals surface area contributed by atoms with Crippen molar-refractivity contribution in [2.24, 2.45) is 11.3 Å². The molecule has 0 bridgehead atoms. The second-order valence-corrected chi connectivity index (χ2v) is 10.2. The summed E-state index contributed by atoms with van der Waals surface area (Å²) in [5.74, 6) is -2.84. The fourth-order valence-corrected chi connectivity index (χ4v) is 5.06. The standard InChI is InChI=1S/C29H36N2O4/c1-5-34-27(33)25(23-14-10-7-11-15-23)29(24(20-30)26(32)35-28(2,3)4)16-18-31(19-17-29)21-22-12-8-6-9-13-22/h6-15,24-25H,5,16-19,21H2,1-4H3. The summed E-state index contributed by atoms with van der Waals surface area (Å²) in [5, 5.41) is 10.3. The lowest BCUT2D eigenvalue weighted by atomic mass is 9.59. The number of ether oxygens (including phenoxy) is 2. The molecule has 0 aromatic heterocycles. The van der Waals surface area contributed by atoms with Crippen LogP contribution in [0.5, 0.6) is 0 Å². The predicted molar refractivity (Wildman–Crippen MR) is 134 cm³/mol. The third-order valence-corrected chi connectivity index (χ3v) is 6.61. The number of esters is 2. The van der Waals surface area contributed by atoms with E-state index in [9.17, 15) is 14.9 Å². The van der Waals surface area contributed by atoms with Gasteiger partial charge in [-0.15, -0.1) is 0 Å². The minimum absolute atomic E-state index is 0.224. The summed E-state index contributed by atoms with van der Waals surface area (Å²) in [6, 6.07) is 21.8. The van der Waals surface area contributed by atoms with Crippen LogP contribution in [0.15, 0.2) is 60.7 Å². The van der Waals surface area contributed by atoms with Gasteiger partial charge in [0.25, 0.3) is 0 Å². The van der Waals surface area contributed by atoms with Crippen molar-refractivity contribution in [2.75, 3.05) is 19.7 Å². The lowest BCUT2D eigenvalue weighted by molar-refractivity contribution is -0.167. The number of carbonyl (C=O) groups excluding carboxylic acids is 2. The van der Waals surface area contributed by atoms with Crippen LogP contribution in [0.4, 0.5) is 0 Å². The normalized spacial score (nSPS) is 17.6. The van der Waals surface area contributed by atoms with Crippen LogP contribution in [-0.4, -0.2) is 42.1 Å². The summed E-state index contributed by atoms with van der Waals surface area (Å²) in [5.41, 5.74) is 0.270. The third-order valence-electron chi connectivity index (χ3n) is 6.61. The second-order valence-electron chi connectivity index (χ2n) is 10.2. The molecule has 2 aromatic carbocycles. The topological polar surface area (TPSA) is 79.6 Å². The fraction of sp³-hybridized carbons (Fsp3) is 0.483. The molecular formula is C29H36N2O4. The molecule has 0 saturated carbocycles. The molecule has 186 valence electrons. The maximum absolute atomic E-state index is 13.5. The van der Waals surface area contributed by atoms with Gasteiger partial charge < -0.3 is 9.47 Å². The van der Waals surface area contributed by atoms with E-state index in [2.05, 4.69) is 23.1 Å². The number of benzene rings is 2. The van der Waals surface area contributed by atoms with Gasteiger partial charge in [-0.3, -0.25) is 14.5 Å². The summed E-state index contributed by atoms with van der Waals surface area (Å²) >= 11 is 0. The van der Waals surface area contributed by atoms with Crippen molar-refractivity contribution in [3.8, 4) is 6.07 Å². The van der Waals surface area contributed by atoms with E-state index >= 15 is 0 Å². The average molecular weight is 477 g/mol. The first-order valence-electron chi connectivity index (χ1n) is 12.3. The Morgan fingerprint density at radius 3 is 2.09 bits per heavy atom. The van der Waals surface area contributed by atoms with Crippen molar-refractivity contribution in [1.82, 2.24) is 4.90 Å². The number of nitrogens with zero attached hydrogens (tertiary/aromatic N) is 2. The van der Waals surface area contributed by atoms with Crippen LogP contribution >= 0.6 is 0 Å². The molecule has 0 N–H and O–H groups in total. The van der Waals surface area contributed by atoms with Crippen molar-refractivity contribution < 1.29 is 19.1 Å². The summed E-state index contributed by atoms with van der Waals surface area (Å²) in [6.07, 6.45) is 0.991. The van der Waals surface area contributed by atoms with Gasteiger partial charge in [-0.25, -0.2) is 0 Å². The lowest BCUT2D eigenvalue weighted by Gasteiger charge is -2.47. The maximum atomic E-state index is 13.5. The number of nitriles is 1. The van der Waals surface area contributed by atoms with Crippen molar-refractivity contribution in [2.45, 2.75) is 58.6 Å². The number of likely N-dealkylation sites (tertiary alicyclic amines) is 1. The van der Waals surface area contributed by atoms with Gasteiger partial charge in [-0.05, 0) is 64.8 Å². The van der Waals surface area contributed by atoms with Crippen molar-refractivity contribution in [1.29, 1.82) is 5.26 Å². The van der Waals surface area contributed by atoms with Crippen LogP contribution in [-0.2, 0) is 25.6 Å². The molecule has 0 amide bonds. The van der Waals surface area contributed by atoms with Gasteiger partial charge >= 0.3 is 11.9 Å². The molecule has 1 fully saturated rings. The van der Waals surface area contributed by atoms with Gasteiger partial charge in [0.05, 0.1) is 18.6 Å². The number of rotatable bonds is 8. The minimum Gasteiger partial charge on any atom is -0.466 e. The predicted octanol–water partition coefficient (Wildman–Crippen LogP) is 5.10. The van der Waals surface area contributed by atoms with Gasteiger partial charge in [0.2, 0.25) is 0 Å². The smallest absolute Gasteiger partial charge is 0.324 e. The highest BCUT2D eigenvalue weighted by atomic mass is 16.6. The fourth-order valence-electron chi connectivity index (χ4n) is 5.06. The Kier molecular flexibility index (Phi) is 8.69. The quantitative estimate of drug-likeness (QED) is 0.494. The monoisotopic (exact) mass is 476 g/mol. The van der Waals surface area contributed by atoms with Gasteiger partial charge in [0.15, 0.2) is 5.92 Å². The molecule has 6 nitrogen and oxygen atoms in total. The van der Waals surface area contributed by atoms with E-state index in [1.165, 1.54) is 5.56 Å². The second kappa shape index (κ2) is 11.5. The number of hydrogen-bond donors (Lipinski definition) is 0. The van der Waals surface area contributed by atoms with Crippen molar-refractivity contribution in [3.05, 3.63) is 71.8 Å². The van der Waals surface area contributed by atoms with Gasteiger partial charge in [-0.1, -0.05) is 60.7 Å². The average Bonchev–Trinajstić information content (AvgIpc) is 2.81. The highest BCUT2D eigenvalue weighted by molar-refractivity contribution is 5.83. The van der Waals surface area contributed by atoms with Crippen LogP contribution in [0.3, 0.4) is 0 Å². The Labute approximate surface area is 208 Å². The first kappa shape index (κ1) is 26.4. The van der Waals surface area contributed by atoms with Gasteiger partial charge in [0.1, 0.15) is 5.60 Å².